The van der Waals surface area contributed by atoms with Crippen LogP contribution in [-0.2, 0) is 4.74 Å². The number of nitrogens with one attached hydrogen (secondary N) is 1. The van der Waals surface area contributed by atoms with Gasteiger partial charge in [-0.3, -0.25) is 4.90 Å². The number of rotatable bonds is 5. The van der Waals surface area contributed by atoms with Crippen LogP contribution in [0.4, 0.5) is 4.79 Å². The first-order valence-corrected chi connectivity index (χ1v) is 8.87. The van der Waals surface area contributed by atoms with Gasteiger partial charge in [0.25, 0.3) is 0 Å². The van der Waals surface area contributed by atoms with Gasteiger partial charge in [0.05, 0.1) is 37.0 Å². The lowest BCUT2D eigenvalue weighted by Gasteiger charge is -2.33. The van der Waals surface area contributed by atoms with Gasteiger partial charge in [-0.1, -0.05) is 0 Å². The number of piperazine rings is 1. The number of nitrogens with zero attached hydrogens (tertiary/aromatic N) is 1. The van der Waals surface area contributed by atoms with Crippen molar-refractivity contribution in [3.05, 3.63) is 16.3 Å². The zero-order chi connectivity index (χ0) is 17.7. The topological polar surface area (TPSA) is 83.3 Å². The van der Waals surface area contributed by atoms with Crippen molar-refractivity contribution < 1.29 is 29.1 Å². The smallest absolute Gasteiger partial charge is 0.410 e. The van der Waals surface area contributed by atoms with Gasteiger partial charge in [0.2, 0.25) is 0 Å². The molecule has 1 amide bonds. The van der Waals surface area contributed by atoms with Gasteiger partial charge in [-0.2, -0.15) is 0 Å². The van der Waals surface area contributed by atoms with Crippen LogP contribution in [0.25, 0.3) is 0 Å². The third kappa shape index (κ3) is 5.38. The predicted octanol–water partition coefficient (Wildman–Crippen LogP) is -0.374. The molecule has 0 unspecified atom stereocenters. The third-order valence-corrected chi connectivity index (χ3v) is 4.53. The highest BCUT2D eigenvalue weighted by atomic mass is 32.1. The van der Waals surface area contributed by atoms with E-state index in [0.29, 0.717) is 25.4 Å². The van der Waals surface area contributed by atoms with Gasteiger partial charge in [-0.25, -0.2) is 4.79 Å². The second-order valence-electron chi connectivity index (χ2n) is 6.72. The Bertz CT molecular complexity index is 573. The maximum atomic E-state index is 12.0. The highest BCUT2D eigenvalue weighted by Gasteiger charge is 2.27. The first-order valence-electron chi connectivity index (χ1n) is 7.99. The number of hydrogen-bond acceptors (Lipinski definition) is 6. The van der Waals surface area contributed by atoms with Gasteiger partial charge in [-0.05, 0) is 32.2 Å². The zero-order valence-corrected chi connectivity index (χ0v) is 15.1. The van der Waals surface area contributed by atoms with E-state index in [9.17, 15) is 14.7 Å². The summed E-state index contributed by atoms with van der Waals surface area (Å²) in [5.74, 6) is -0.842. The molecule has 1 aromatic heterocycles. The van der Waals surface area contributed by atoms with Gasteiger partial charge < -0.3 is 24.3 Å². The minimum atomic E-state index is -1.21. The molecule has 1 aromatic rings. The van der Waals surface area contributed by atoms with Crippen molar-refractivity contribution in [2.45, 2.75) is 26.4 Å². The van der Waals surface area contributed by atoms with Crippen molar-refractivity contribution in [2.24, 2.45) is 0 Å². The Morgan fingerprint density at radius 3 is 2.58 bits per heavy atom. The van der Waals surface area contributed by atoms with Crippen LogP contribution < -0.4 is 14.7 Å². The molecule has 1 aliphatic heterocycles. The molecule has 1 fully saturated rings. The largest absolute Gasteiger partial charge is 0.544 e. The molecule has 2 heterocycles. The minimum absolute atomic E-state index is 0.125. The number of carbonyl (C=O) groups is 2. The summed E-state index contributed by atoms with van der Waals surface area (Å²) in [6, 6.07) is 1.64. The number of carbonyl (C=O) groups excluding carboxylic acids is 2. The van der Waals surface area contributed by atoms with Crippen LogP contribution in [0.1, 0.15) is 30.4 Å². The third-order valence-electron chi connectivity index (χ3n) is 3.65. The van der Waals surface area contributed by atoms with Crippen molar-refractivity contribution in [3.63, 3.8) is 0 Å². The molecule has 1 N–H and O–H groups in total. The lowest BCUT2D eigenvalue weighted by atomic mass is 10.2. The average Bonchev–Trinajstić information content (AvgIpc) is 2.95. The van der Waals surface area contributed by atoms with E-state index in [-0.39, 0.29) is 11.0 Å². The van der Waals surface area contributed by atoms with Crippen LogP contribution in [0.15, 0.2) is 11.4 Å². The molecule has 1 saturated heterocycles. The Balaban J connectivity index is 1.71. The summed E-state index contributed by atoms with van der Waals surface area (Å²) in [6.45, 7) is 9.68. The van der Waals surface area contributed by atoms with Crippen LogP contribution in [0, 0.1) is 0 Å². The number of hydrogen-bond donors (Lipinski definition) is 1. The lowest BCUT2D eigenvalue weighted by molar-refractivity contribution is -0.904. The van der Waals surface area contributed by atoms with Gasteiger partial charge >= 0.3 is 6.09 Å². The minimum Gasteiger partial charge on any atom is -0.544 e. The summed E-state index contributed by atoms with van der Waals surface area (Å²) in [6.07, 6.45) is -0.269. The lowest BCUT2D eigenvalue weighted by Crippen LogP contribution is -3.15. The number of carboxylic acids is 1. The van der Waals surface area contributed by atoms with Crippen molar-refractivity contribution in [3.8, 4) is 5.75 Å². The highest BCUT2D eigenvalue weighted by Crippen LogP contribution is 2.23. The number of amides is 1. The van der Waals surface area contributed by atoms with Crippen molar-refractivity contribution in [1.82, 2.24) is 4.90 Å². The standard InChI is InChI=1S/C16H24N2O5S/c1-16(2,3)23-15(21)18-7-5-17(6-8-18)9-10-22-12-4-11-24-13(12)14(19)20/h4,11H,5-10H2,1-3H3,(H,19,20). The molecule has 8 heteroatoms. The highest BCUT2D eigenvalue weighted by molar-refractivity contribution is 7.12. The molecule has 0 bridgehead atoms. The van der Waals surface area contributed by atoms with Crippen molar-refractivity contribution in [1.29, 1.82) is 0 Å². The molecule has 1 aliphatic rings. The number of ether oxygens (including phenoxy) is 2. The summed E-state index contributed by atoms with van der Waals surface area (Å²) < 4.78 is 10.9. The Hall–Kier alpha value is -1.80. The Morgan fingerprint density at radius 2 is 2.00 bits per heavy atom. The maximum absolute atomic E-state index is 12.0. The summed E-state index contributed by atoms with van der Waals surface area (Å²) in [4.78, 5) is 26.1. The molecule has 0 atom stereocenters. The van der Waals surface area contributed by atoms with Crippen LogP contribution in [0.5, 0.6) is 5.75 Å². The van der Waals surface area contributed by atoms with Crippen molar-refractivity contribution in [2.75, 3.05) is 39.3 Å². The van der Waals surface area contributed by atoms with E-state index >= 15 is 0 Å². The summed E-state index contributed by atoms with van der Waals surface area (Å²) in [5, 5.41) is 12.6. The molecular weight excluding hydrogens is 332 g/mol. The predicted molar refractivity (Wildman–Crippen MR) is 87.5 cm³/mol. The van der Waals surface area contributed by atoms with E-state index in [1.54, 1.807) is 16.3 Å². The van der Waals surface area contributed by atoms with E-state index in [0.717, 1.165) is 31.0 Å². The van der Waals surface area contributed by atoms with Crippen LogP contribution in [0.2, 0.25) is 0 Å². The molecule has 0 saturated carbocycles. The van der Waals surface area contributed by atoms with Gasteiger partial charge in [0, 0.05) is 0 Å². The van der Waals surface area contributed by atoms with Crippen LogP contribution in [0.3, 0.4) is 0 Å². The Labute approximate surface area is 145 Å². The maximum Gasteiger partial charge on any atom is 0.410 e. The van der Waals surface area contributed by atoms with E-state index < -0.39 is 11.6 Å². The van der Waals surface area contributed by atoms with E-state index in [1.807, 2.05) is 20.8 Å². The fourth-order valence-corrected chi connectivity index (χ4v) is 3.11. The van der Waals surface area contributed by atoms with Crippen LogP contribution >= 0.6 is 11.3 Å². The Morgan fingerprint density at radius 1 is 1.33 bits per heavy atom. The van der Waals surface area contributed by atoms with Gasteiger partial charge in [-0.15, -0.1) is 11.3 Å². The summed E-state index contributed by atoms with van der Waals surface area (Å²) in [7, 11) is 0. The number of quaternary nitrogens is 1. The first-order chi connectivity index (χ1) is 11.3. The molecular formula is C16H24N2O5S. The fourth-order valence-electron chi connectivity index (χ4n) is 2.45. The quantitative estimate of drug-likeness (QED) is 0.778. The first kappa shape index (κ1) is 18.5. The molecule has 24 heavy (non-hydrogen) atoms. The second kappa shape index (κ2) is 7.85. The van der Waals surface area contributed by atoms with Crippen molar-refractivity contribution >= 4 is 23.4 Å². The number of thiophene rings is 1. The number of aromatic carboxylic acids is 1. The molecule has 2 rings (SSSR count). The van der Waals surface area contributed by atoms with Gasteiger partial charge in [0.1, 0.15) is 24.5 Å². The van der Waals surface area contributed by atoms with E-state index in [4.69, 9.17) is 9.47 Å². The fraction of sp³-hybridized carbons (Fsp3) is 0.625. The molecule has 7 nitrogen and oxygen atoms in total. The number of carboxylic acid groups (broad SMARTS) is 1. The zero-order valence-electron chi connectivity index (χ0n) is 14.3. The molecule has 0 spiro atoms. The second-order valence-corrected chi connectivity index (χ2v) is 7.63. The molecule has 134 valence electrons. The van der Waals surface area contributed by atoms with Crippen LogP contribution in [-0.4, -0.2) is 61.9 Å². The van der Waals surface area contributed by atoms with Gasteiger partial charge in [0.15, 0.2) is 0 Å². The molecule has 0 aromatic carbocycles. The Kier molecular flexibility index (Phi) is 6.06. The normalized spacial score (nSPS) is 16.0. The monoisotopic (exact) mass is 356 g/mol. The molecule has 0 aliphatic carbocycles. The summed E-state index contributed by atoms with van der Waals surface area (Å²) in [5.41, 5.74) is -0.480. The van der Waals surface area contributed by atoms with E-state index in [1.165, 1.54) is 4.90 Å². The summed E-state index contributed by atoms with van der Waals surface area (Å²) >= 11 is 1.10. The SMILES string of the molecule is CC(C)(C)OC(=O)N1CC[NH+](CCOc2ccsc2C(=O)[O-])CC1. The van der Waals surface area contributed by atoms with E-state index in [2.05, 4.69) is 0 Å². The average molecular weight is 356 g/mol. The molecule has 0 radical (unpaired) electrons.